The first-order chi connectivity index (χ1) is 9.70. The van der Waals surface area contributed by atoms with E-state index in [1.807, 2.05) is 31.2 Å². The highest BCUT2D eigenvalue weighted by Crippen LogP contribution is 2.38. The number of hydrogen-bond donors (Lipinski definition) is 2. The summed E-state index contributed by atoms with van der Waals surface area (Å²) in [4.78, 5) is 14.6. The van der Waals surface area contributed by atoms with Crippen LogP contribution in [-0.2, 0) is 4.79 Å². The Morgan fingerprint density at radius 1 is 1.30 bits per heavy atom. The van der Waals surface area contributed by atoms with Crippen molar-refractivity contribution >= 4 is 39.3 Å². The standard InChI is InChI=1S/C15H13N3OS/c1-9-6-17-15(16)13-12(7-20-14(9)13)10-2-4-11(5-3-10)18-8-19/h2-8H,1H3,(H2,16,17)(H,18,19). The van der Waals surface area contributed by atoms with Gasteiger partial charge in [-0.3, -0.25) is 4.79 Å². The highest BCUT2D eigenvalue weighted by molar-refractivity contribution is 7.18. The average molecular weight is 283 g/mol. The van der Waals surface area contributed by atoms with E-state index in [1.165, 1.54) is 4.70 Å². The van der Waals surface area contributed by atoms with Gasteiger partial charge in [0, 0.05) is 27.5 Å². The highest BCUT2D eigenvalue weighted by Gasteiger charge is 2.12. The van der Waals surface area contributed by atoms with Crippen molar-refractivity contribution in [2.24, 2.45) is 0 Å². The summed E-state index contributed by atoms with van der Waals surface area (Å²) in [6.45, 7) is 2.03. The fourth-order valence-electron chi connectivity index (χ4n) is 2.22. The minimum atomic E-state index is 0.553. The van der Waals surface area contributed by atoms with Crippen LogP contribution in [0, 0.1) is 6.92 Å². The second-order valence-corrected chi connectivity index (χ2v) is 5.40. The Morgan fingerprint density at radius 3 is 2.75 bits per heavy atom. The molecule has 4 nitrogen and oxygen atoms in total. The zero-order chi connectivity index (χ0) is 14.1. The molecule has 100 valence electrons. The number of aryl methyl sites for hydroxylation is 1. The van der Waals surface area contributed by atoms with Crippen molar-refractivity contribution in [1.29, 1.82) is 0 Å². The molecule has 3 aromatic rings. The molecule has 2 aromatic heterocycles. The maximum absolute atomic E-state index is 10.4. The van der Waals surface area contributed by atoms with Crippen LogP contribution >= 0.6 is 11.3 Å². The number of thiophene rings is 1. The number of carbonyl (C=O) groups excluding carboxylic acids is 1. The van der Waals surface area contributed by atoms with E-state index in [9.17, 15) is 4.79 Å². The van der Waals surface area contributed by atoms with Crippen molar-refractivity contribution in [3.63, 3.8) is 0 Å². The number of nitrogens with zero attached hydrogens (tertiary/aromatic N) is 1. The third kappa shape index (κ3) is 2.02. The van der Waals surface area contributed by atoms with Gasteiger partial charge in [0.25, 0.3) is 0 Å². The van der Waals surface area contributed by atoms with E-state index >= 15 is 0 Å². The zero-order valence-electron chi connectivity index (χ0n) is 10.9. The maximum atomic E-state index is 10.4. The van der Waals surface area contributed by atoms with Crippen LogP contribution < -0.4 is 11.1 Å². The summed E-state index contributed by atoms with van der Waals surface area (Å²) in [5, 5.41) is 5.72. The largest absolute Gasteiger partial charge is 0.383 e. The van der Waals surface area contributed by atoms with Gasteiger partial charge in [0.1, 0.15) is 5.82 Å². The molecular weight excluding hydrogens is 270 g/mol. The smallest absolute Gasteiger partial charge is 0.211 e. The Bertz CT molecular complexity index is 778. The number of nitrogens with one attached hydrogen (secondary N) is 1. The van der Waals surface area contributed by atoms with E-state index in [4.69, 9.17) is 5.73 Å². The van der Waals surface area contributed by atoms with Gasteiger partial charge in [-0.05, 0) is 35.6 Å². The molecule has 2 heterocycles. The predicted molar refractivity (Wildman–Crippen MR) is 83.9 cm³/mol. The number of rotatable bonds is 3. The van der Waals surface area contributed by atoms with Crippen molar-refractivity contribution in [2.45, 2.75) is 6.92 Å². The summed E-state index contributed by atoms with van der Waals surface area (Å²) in [6, 6.07) is 7.67. The van der Waals surface area contributed by atoms with Gasteiger partial charge in [0.15, 0.2) is 0 Å². The van der Waals surface area contributed by atoms with E-state index in [-0.39, 0.29) is 0 Å². The van der Waals surface area contributed by atoms with Gasteiger partial charge in [0.05, 0.1) is 0 Å². The number of fused-ring (bicyclic) bond motifs is 1. The molecule has 0 aliphatic carbocycles. The van der Waals surface area contributed by atoms with Crippen molar-refractivity contribution in [1.82, 2.24) is 4.98 Å². The lowest BCUT2D eigenvalue weighted by Crippen LogP contribution is -1.93. The van der Waals surface area contributed by atoms with E-state index < -0.39 is 0 Å². The maximum Gasteiger partial charge on any atom is 0.211 e. The summed E-state index contributed by atoms with van der Waals surface area (Å²) < 4.78 is 1.17. The number of nitrogens with two attached hydrogens (primary N) is 1. The Balaban J connectivity index is 2.14. The van der Waals surface area contributed by atoms with E-state index in [0.717, 1.165) is 27.8 Å². The Kier molecular flexibility index (Phi) is 3.12. The first kappa shape index (κ1) is 12.6. The molecule has 0 atom stereocenters. The second-order valence-electron chi connectivity index (χ2n) is 4.52. The molecule has 1 aromatic carbocycles. The number of aromatic nitrogens is 1. The van der Waals surface area contributed by atoms with Gasteiger partial charge >= 0.3 is 0 Å². The molecule has 5 heteroatoms. The molecule has 1 amide bonds. The van der Waals surface area contributed by atoms with Crippen LogP contribution in [0.15, 0.2) is 35.8 Å². The van der Waals surface area contributed by atoms with Crippen molar-refractivity contribution < 1.29 is 4.79 Å². The van der Waals surface area contributed by atoms with Crippen molar-refractivity contribution in [3.8, 4) is 11.1 Å². The third-order valence-corrected chi connectivity index (χ3v) is 4.34. The Hall–Kier alpha value is -2.40. The molecule has 0 radical (unpaired) electrons. The average Bonchev–Trinajstić information content (AvgIpc) is 2.90. The molecule has 0 spiro atoms. The van der Waals surface area contributed by atoms with Crippen molar-refractivity contribution in [3.05, 3.63) is 41.4 Å². The number of benzene rings is 1. The lowest BCUT2D eigenvalue weighted by Gasteiger charge is -2.05. The van der Waals surface area contributed by atoms with Gasteiger partial charge in [0.2, 0.25) is 6.41 Å². The van der Waals surface area contributed by atoms with Crippen LogP contribution in [0.1, 0.15) is 5.56 Å². The normalized spacial score (nSPS) is 10.7. The van der Waals surface area contributed by atoms with Gasteiger partial charge in [-0.15, -0.1) is 11.3 Å². The van der Waals surface area contributed by atoms with E-state index in [0.29, 0.717) is 12.2 Å². The molecular formula is C15H13N3OS. The first-order valence-electron chi connectivity index (χ1n) is 6.13. The summed E-state index contributed by atoms with van der Waals surface area (Å²) in [6.07, 6.45) is 2.47. The SMILES string of the molecule is Cc1cnc(N)c2c(-c3ccc(NC=O)cc3)csc12. The Labute approximate surface area is 120 Å². The molecule has 20 heavy (non-hydrogen) atoms. The summed E-state index contributed by atoms with van der Waals surface area (Å²) in [7, 11) is 0. The summed E-state index contributed by atoms with van der Waals surface area (Å²) in [5.74, 6) is 0.553. The fourth-order valence-corrected chi connectivity index (χ4v) is 3.28. The number of hydrogen-bond acceptors (Lipinski definition) is 4. The van der Waals surface area contributed by atoms with Crippen LogP contribution in [0.4, 0.5) is 11.5 Å². The first-order valence-corrected chi connectivity index (χ1v) is 7.01. The predicted octanol–water partition coefficient (Wildman–Crippen LogP) is 3.42. The molecule has 0 fully saturated rings. The molecule has 0 aliphatic heterocycles. The van der Waals surface area contributed by atoms with Crippen LogP contribution in [0.3, 0.4) is 0 Å². The minimum absolute atomic E-state index is 0.553. The van der Waals surface area contributed by atoms with Gasteiger partial charge in [-0.25, -0.2) is 4.98 Å². The Morgan fingerprint density at radius 2 is 2.05 bits per heavy atom. The molecule has 3 N–H and O–H groups in total. The summed E-state index contributed by atoms with van der Waals surface area (Å²) in [5.41, 5.74) is 10.1. The molecule has 0 bridgehead atoms. The molecule has 3 rings (SSSR count). The van der Waals surface area contributed by atoms with Gasteiger partial charge in [-0.2, -0.15) is 0 Å². The van der Waals surface area contributed by atoms with E-state index in [2.05, 4.69) is 15.7 Å². The molecule has 0 saturated carbocycles. The number of amides is 1. The van der Waals surface area contributed by atoms with Crippen LogP contribution in [0.5, 0.6) is 0 Å². The van der Waals surface area contributed by atoms with E-state index in [1.54, 1.807) is 17.5 Å². The second kappa shape index (κ2) is 4.94. The lowest BCUT2D eigenvalue weighted by molar-refractivity contribution is -0.105. The van der Waals surface area contributed by atoms with Crippen LogP contribution in [0.2, 0.25) is 0 Å². The third-order valence-electron chi connectivity index (χ3n) is 3.22. The van der Waals surface area contributed by atoms with Crippen molar-refractivity contribution in [2.75, 3.05) is 11.1 Å². The lowest BCUT2D eigenvalue weighted by atomic mass is 10.0. The highest BCUT2D eigenvalue weighted by atomic mass is 32.1. The number of anilines is 2. The minimum Gasteiger partial charge on any atom is -0.383 e. The quantitative estimate of drug-likeness (QED) is 0.724. The number of nitrogen functional groups attached to an aromatic ring is 1. The monoisotopic (exact) mass is 283 g/mol. The summed E-state index contributed by atoms with van der Waals surface area (Å²) >= 11 is 1.67. The number of carbonyl (C=O) groups is 1. The molecule has 0 aliphatic rings. The zero-order valence-corrected chi connectivity index (χ0v) is 11.7. The van der Waals surface area contributed by atoms with Crippen LogP contribution in [-0.4, -0.2) is 11.4 Å². The molecule has 0 unspecified atom stereocenters. The fraction of sp³-hybridized carbons (Fsp3) is 0.0667. The van der Waals surface area contributed by atoms with Gasteiger partial charge in [-0.1, -0.05) is 12.1 Å². The number of pyridine rings is 1. The topological polar surface area (TPSA) is 68.0 Å². The molecule has 0 saturated heterocycles. The van der Waals surface area contributed by atoms with Gasteiger partial charge < -0.3 is 11.1 Å². The van der Waals surface area contributed by atoms with Crippen LogP contribution in [0.25, 0.3) is 21.2 Å².